The molecule has 5 heteroatoms. The lowest BCUT2D eigenvalue weighted by atomic mass is 10.2. The van der Waals surface area contributed by atoms with Gasteiger partial charge in [0.05, 0.1) is 5.02 Å². The van der Waals surface area contributed by atoms with Gasteiger partial charge in [-0.3, -0.25) is 4.79 Å². The lowest BCUT2D eigenvalue weighted by Gasteiger charge is -2.04. The molecule has 15 heavy (non-hydrogen) atoms. The van der Waals surface area contributed by atoms with E-state index in [0.29, 0.717) is 17.1 Å². The minimum Gasteiger partial charge on any atom is -0.347 e. The molecular formula is C10H8Br2ClNO. The van der Waals surface area contributed by atoms with Crippen molar-refractivity contribution in [3.05, 3.63) is 44.3 Å². The number of nitrogens with one attached hydrogen (secondary N) is 1. The van der Waals surface area contributed by atoms with Gasteiger partial charge in [0.25, 0.3) is 5.91 Å². The molecule has 80 valence electrons. The number of amides is 1. The Balaban J connectivity index is 2.74. The van der Waals surface area contributed by atoms with Crippen LogP contribution in [0, 0.1) is 0 Å². The maximum absolute atomic E-state index is 11.6. The van der Waals surface area contributed by atoms with Gasteiger partial charge < -0.3 is 5.32 Å². The molecule has 0 saturated carbocycles. The van der Waals surface area contributed by atoms with Crippen molar-refractivity contribution < 1.29 is 4.79 Å². The van der Waals surface area contributed by atoms with E-state index in [1.165, 1.54) is 0 Å². The van der Waals surface area contributed by atoms with Gasteiger partial charge in [0.1, 0.15) is 0 Å². The molecule has 0 aliphatic rings. The first-order valence-electron chi connectivity index (χ1n) is 4.07. The number of hydrogen-bond acceptors (Lipinski definition) is 1. The van der Waals surface area contributed by atoms with E-state index in [9.17, 15) is 4.79 Å². The summed E-state index contributed by atoms with van der Waals surface area (Å²) < 4.78 is 1.49. The van der Waals surface area contributed by atoms with Crippen LogP contribution in [0.5, 0.6) is 0 Å². The minimum absolute atomic E-state index is 0.176. The highest BCUT2D eigenvalue weighted by molar-refractivity contribution is 9.11. The summed E-state index contributed by atoms with van der Waals surface area (Å²) in [5.74, 6) is -0.176. The topological polar surface area (TPSA) is 29.1 Å². The Labute approximate surface area is 110 Å². The number of benzene rings is 1. The third-order valence-corrected chi connectivity index (χ3v) is 3.14. The lowest BCUT2D eigenvalue weighted by molar-refractivity contribution is 0.0958. The predicted molar refractivity (Wildman–Crippen MR) is 69.6 cm³/mol. The van der Waals surface area contributed by atoms with Crippen LogP contribution in [0.3, 0.4) is 0 Å². The molecule has 0 fully saturated rings. The molecule has 1 amide bonds. The van der Waals surface area contributed by atoms with Gasteiger partial charge in [-0.15, -0.1) is 0 Å². The van der Waals surface area contributed by atoms with Crippen molar-refractivity contribution in [1.82, 2.24) is 5.32 Å². The van der Waals surface area contributed by atoms with Crippen LogP contribution in [-0.2, 0) is 0 Å². The molecule has 0 aliphatic carbocycles. The average molecular weight is 353 g/mol. The molecule has 0 bridgehead atoms. The molecule has 1 rings (SSSR count). The maximum atomic E-state index is 11.6. The first-order valence-corrected chi connectivity index (χ1v) is 6.03. The van der Waals surface area contributed by atoms with Gasteiger partial charge in [0.2, 0.25) is 0 Å². The molecular weight excluding hydrogens is 345 g/mol. The zero-order chi connectivity index (χ0) is 11.4. The Morgan fingerprint density at radius 3 is 2.73 bits per heavy atom. The Bertz CT molecular complexity index is 406. The van der Waals surface area contributed by atoms with Gasteiger partial charge in [0.15, 0.2) is 0 Å². The molecule has 0 unspecified atom stereocenters. The van der Waals surface area contributed by atoms with Crippen molar-refractivity contribution >= 4 is 49.4 Å². The number of carbonyl (C=O) groups is 1. The highest BCUT2D eigenvalue weighted by Gasteiger charge is 2.07. The third kappa shape index (κ3) is 3.97. The summed E-state index contributed by atoms with van der Waals surface area (Å²) in [6, 6.07) is 5.04. The van der Waals surface area contributed by atoms with Gasteiger partial charge in [-0.05, 0) is 34.1 Å². The molecule has 0 aliphatic heterocycles. The van der Waals surface area contributed by atoms with E-state index in [0.717, 1.165) is 8.96 Å². The summed E-state index contributed by atoms with van der Waals surface area (Å²) in [5, 5.41) is 3.20. The van der Waals surface area contributed by atoms with E-state index >= 15 is 0 Å². The molecule has 1 aromatic rings. The number of halogens is 3. The van der Waals surface area contributed by atoms with Gasteiger partial charge in [-0.2, -0.15) is 0 Å². The highest BCUT2D eigenvalue weighted by atomic mass is 79.9. The number of carbonyl (C=O) groups excluding carboxylic acids is 1. The summed E-state index contributed by atoms with van der Waals surface area (Å²) in [6.07, 6.45) is 0. The fourth-order valence-electron chi connectivity index (χ4n) is 0.916. The van der Waals surface area contributed by atoms with E-state index < -0.39 is 0 Å². The summed E-state index contributed by atoms with van der Waals surface area (Å²) in [5.41, 5.74) is 0.525. The first-order chi connectivity index (χ1) is 7.00. The Kier molecular flexibility index (Phi) is 4.83. The summed E-state index contributed by atoms with van der Waals surface area (Å²) in [7, 11) is 0. The van der Waals surface area contributed by atoms with Crippen molar-refractivity contribution in [3.8, 4) is 0 Å². The van der Waals surface area contributed by atoms with Crippen LogP contribution in [0.4, 0.5) is 0 Å². The van der Waals surface area contributed by atoms with Crippen molar-refractivity contribution in [1.29, 1.82) is 0 Å². The summed E-state index contributed by atoms with van der Waals surface area (Å²) >= 11 is 12.3. The van der Waals surface area contributed by atoms with Crippen LogP contribution >= 0.6 is 43.5 Å². The van der Waals surface area contributed by atoms with Crippen LogP contribution in [0.25, 0.3) is 0 Å². The van der Waals surface area contributed by atoms with Crippen molar-refractivity contribution in [2.45, 2.75) is 0 Å². The third-order valence-electron chi connectivity index (χ3n) is 1.62. The van der Waals surface area contributed by atoms with Crippen LogP contribution in [-0.4, -0.2) is 12.5 Å². The van der Waals surface area contributed by atoms with E-state index in [4.69, 9.17) is 11.6 Å². The van der Waals surface area contributed by atoms with Crippen LogP contribution < -0.4 is 5.32 Å². The summed E-state index contributed by atoms with van der Waals surface area (Å²) in [4.78, 5) is 11.6. The van der Waals surface area contributed by atoms with E-state index in [1.54, 1.807) is 18.2 Å². The molecule has 0 aromatic heterocycles. The molecule has 1 N–H and O–H groups in total. The Morgan fingerprint density at radius 1 is 1.53 bits per heavy atom. The molecule has 0 radical (unpaired) electrons. The highest BCUT2D eigenvalue weighted by Crippen LogP contribution is 2.23. The second-order valence-corrected chi connectivity index (χ2v) is 5.21. The quantitative estimate of drug-likeness (QED) is 0.881. The van der Waals surface area contributed by atoms with Gasteiger partial charge in [-0.1, -0.05) is 34.1 Å². The van der Waals surface area contributed by atoms with E-state index in [1.807, 2.05) is 0 Å². The van der Waals surface area contributed by atoms with Crippen molar-refractivity contribution in [2.24, 2.45) is 0 Å². The van der Waals surface area contributed by atoms with Crippen LogP contribution in [0.15, 0.2) is 33.7 Å². The maximum Gasteiger partial charge on any atom is 0.251 e. The van der Waals surface area contributed by atoms with E-state index in [-0.39, 0.29) is 5.91 Å². The monoisotopic (exact) mass is 351 g/mol. The Hall–Kier alpha value is -0.320. The van der Waals surface area contributed by atoms with E-state index in [2.05, 4.69) is 43.8 Å². The van der Waals surface area contributed by atoms with Gasteiger partial charge in [-0.25, -0.2) is 0 Å². The largest absolute Gasteiger partial charge is 0.347 e. The second-order valence-electron chi connectivity index (χ2n) is 2.83. The smallest absolute Gasteiger partial charge is 0.251 e. The summed E-state index contributed by atoms with van der Waals surface area (Å²) in [6.45, 7) is 4.02. The first kappa shape index (κ1) is 12.7. The zero-order valence-electron chi connectivity index (χ0n) is 7.69. The molecule has 2 nitrogen and oxygen atoms in total. The average Bonchev–Trinajstić information content (AvgIpc) is 2.18. The van der Waals surface area contributed by atoms with Gasteiger partial charge >= 0.3 is 0 Å². The lowest BCUT2D eigenvalue weighted by Crippen LogP contribution is -2.24. The fourth-order valence-corrected chi connectivity index (χ4v) is 1.48. The molecule has 0 heterocycles. The number of hydrogen-bond donors (Lipinski definition) is 1. The molecule has 1 aromatic carbocycles. The standard InChI is InChI=1S/C10H8Br2ClNO/c1-6(11)5-14-10(15)7-2-3-8(12)9(13)4-7/h2-4H,1,5H2,(H,14,15). The van der Waals surface area contributed by atoms with Gasteiger partial charge in [0, 0.05) is 21.1 Å². The Morgan fingerprint density at radius 2 is 2.20 bits per heavy atom. The zero-order valence-corrected chi connectivity index (χ0v) is 11.6. The molecule has 0 spiro atoms. The van der Waals surface area contributed by atoms with Crippen molar-refractivity contribution in [3.63, 3.8) is 0 Å². The molecule has 0 atom stereocenters. The van der Waals surface area contributed by atoms with Crippen molar-refractivity contribution in [2.75, 3.05) is 6.54 Å². The van der Waals surface area contributed by atoms with Crippen LogP contribution in [0.1, 0.15) is 10.4 Å². The fraction of sp³-hybridized carbons (Fsp3) is 0.100. The second kappa shape index (κ2) is 5.68. The number of rotatable bonds is 3. The SMILES string of the molecule is C=C(Br)CNC(=O)c1ccc(Br)c(Cl)c1. The predicted octanol–water partition coefficient (Wildman–Crippen LogP) is 3.74. The minimum atomic E-state index is -0.176. The van der Waals surface area contributed by atoms with Crippen LogP contribution in [0.2, 0.25) is 5.02 Å². The molecule has 0 saturated heterocycles. The normalized spacial score (nSPS) is 9.80.